The maximum atomic E-state index is 10.5. The molecule has 2 atom stereocenters. The van der Waals surface area contributed by atoms with Crippen molar-refractivity contribution >= 4 is 33.1 Å². The summed E-state index contributed by atoms with van der Waals surface area (Å²) in [7, 11) is 0. The summed E-state index contributed by atoms with van der Waals surface area (Å²) >= 11 is 0.149. The molecule has 128 valence electrons. The molecule has 2 unspecified atom stereocenters. The van der Waals surface area contributed by atoms with Gasteiger partial charge in [0, 0.05) is 11.9 Å². The van der Waals surface area contributed by atoms with Crippen molar-refractivity contribution in [2.24, 2.45) is 5.92 Å². The Hall–Kier alpha value is -0.301. The normalized spacial score (nSPS) is 14.0. The molecule has 0 saturated heterocycles. The third kappa shape index (κ3) is 9.66. The first-order chi connectivity index (χ1) is 10.3. The van der Waals surface area contributed by atoms with Crippen LogP contribution in [0, 0.1) is 5.92 Å². The molecule has 0 aliphatic heterocycles. The van der Waals surface area contributed by atoms with Crippen LogP contribution in [0.25, 0.3) is 0 Å². The number of carboxylic acid groups (broad SMARTS) is 2. The van der Waals surface area contributed by atoms with Gasteiger partial charge in [-0.3, -0.25) is 0 Å². The molecule has 22 heavy (non-hydrogen) atoms. The number of hydrogen-bond acceptors (Lipinski definition) is 5. The van der Waals surface area contributed by atoms with Gasteiger partial charge in [0.05, 0.1) is 5.97 Å². The first-order valence-electron chi connectivity index (χ1n) is 8.16. The van der Waals surface area contributed by atoms with Gasteiger partial charge in [0.2, 0.25) is 0 Å². The number of unbranched alkanes of at least 4 members (excludes halogenated alkanes) is 2. The van der Waals surface area contributed by atoms with E-state index in [-0.39, 0.29) is 34.0 Å². The van der Waals surface area contributed by atoms with Gasteiger partial charge in [-0.25, -0.2) is 0 Å². The predicted molar refractivity (Wildman–Crippen MR) is 84.2 cm³/mol. The number of aliphatic hydroxyl groups is 1. The molecule has 0 saturated carbocycles. The summed E-state index contributed by atoms with van der Waals surface area (Å²) < 4.78 is 3.25. The molecule has 0 bridgehead atoms. The van der Waals surface area contributed by atoms with Gasteiger partial charge < -0.3 is 24.9 Å². The molecular weight excluding hydrogens is 391 g/mol. The Morgan fingerprint density at radius 2 is 1.50 bits per heavy atom. The van der Waals surface area contributed by atoms with E-state index in [1.807, 2.05) is 0 Å². The fourth-order valence-corrected chi connectivity index (χ4v) is 6.12. The quantitative estimate of drug-likeness (QED) is 0.393. The number of carbonyl (C=O) groups is 2. The van der Waals surface area contributed by atoms with Crippen LogP contribution >= 0.6 is 0 Å². The van der Waals surface area contributed by atoms with E-state index >= 15 is 0 Å². The topological polar surface area (TPSA) is 100 Å². The number of rotatable bonds is 11. The zero-order chi connectivity index (χ0) is 17.6. The fraction of sp³-hybridized carbons (Fsp3) is 0.875. The number of hydrogen-bond donors (Lipinski definition) is 1. The first kappa shape index (κ1) is 24.0. The average Bonchev–Trinajstić information content (AvgIpc) is 2.47. The van der Waals surface area contributed by atoms with Gasteiger partial charge in [-0.15, -0.1) is 0 Å². The Balaban J connectivity index is 0. The molecule has 0 aromatic carbocycles. The monoisotopic (exact) mass is 422 g/mol. The van der Waals surface area contributed by atoms with Crippen LogP contribution in [0.15, 0.2) is 0 Å². The Labute approximate surface area is 144 Å². The van der Waals surface area contributed by atoms with E-state index in [1.54, 1.807) is 8.87 Å². The van der Waals surface area contributed by atoms with Crippen LogP contribution in [0.2, 0.25) is 8.87 Å². The van der Waals surface area contributed by atoms with E-state index in [4.69, 9.17) is 0 Å². The molecular formula is C16H30O5Sn. The second-order valence-corrected chi connectivity index (χ2v) is 9.58. The van der Waals surface area contributed by atoms with Crippen molar-refractivity contribution in [2.45, 2.75) is 80.7 Å². The zero-order valence-corrected chi connectivity index (χ0v) is 17.2. The zero-order valence-electron chi connectivity index (χ0n) is 14.3. The van der Waals surface area contributed by atoms with Crippen molar-refractivity contribution in [3.05, 3.63) is 0 Å². The van der Waals surface area contributed by atoms with Crippen LogP contribution in [0.5, 0.6) is 0 Å². The summed E-state index contributed by atoms with van der Waals surface area (Å²) in [5.41, 5.74) is -2.33. The van der Waals surface area contributed by atoms with Crippen molar-refractivity contribution < 1.29 is 24.9 Å². The van der Waals surface area contributed by atoms with Gasteiger partial charge in [0.15, 0.2) is 0 Å². The molecule has 0 heterocycles. The summed E-state index contributed by atoms with van der Waals surface area (Å²) in [6.07, 6.45) is 5.61. The molecule has 0 amide bonds. The van der Waals surface area contributed by atoms with E-state index in [0.29, 0.717) is 0 Å². The molecule has 0 aromatic heterocycles. The average molecular weight is 421 g/mol. The molecule has 0 spiro atoms. The van der Waals surface area contributed by atoms with Gasteiger partial charge in [0.25, 0.3) is 0 Å². The van der Waals surface area contributed by atoms with Crippen LogP contribution in [0.4, 0.5) is 0 Å². The number of carbonyl (C=O) groups excluding carboxylic acids is 2. The molecule has 0 aliphatic rings. The van der Waals surface area contributed by atoms with Crippen LogP contribution < -0.4 is 10.2 Å². The molecule has 0 fully saturated rings. The van der Waals surface area contributed by atoms with Crippen molar-refractivity contribution in [3.63, 3.8) is 0 Å². The van der Waals surface area contributed by atoms with Gasteiger partial charge in [-0.05, 0) is 12.8 Å². The van der Waals surface area contributed by atoms with Gasteiger partial charge >= 0.3 is 69.5 Å². The third-order valence-corrected chi connectivity index (χ3v) is 7.61. The Morgan fingerprint density at radius 3 is 1.68 bits per heavy atom. The SMILES string of the molecule is CCC(C(=O)[O-])C(O)(CC)C(=O)[O-].CCC[CH2][Sn+2][CH2]CCC. The number of aliphatic carboxylic acids is 2. The predicted octanol–water partition coefficient (Wildman–Crippen LogP) is 0.781. The second-order valence-electron chi connectivity index (χ2n) is 5.30. The summed E-state index contributed by atoms with van der Waals surface area (Å²) in [6, 6.07) is 0. The summed E-state index contributed by atoms with van der Waals surface area (Å²) in [5.74, 6) is -4.77. The van der Waals surface area contributed by atoms with Crippen molar-refractivity contribution in [3.8, 4) is 0 Å². The second kappa shape index (κ2) is 14.3. The molecule has 1 N–H and O–H groups in total. The standard InChI is InChI=1S/C8H14O5.2C4H9.Sn/c1-3-5(6(9)10)8(13,4-2)7(11)12;2*1-3-4-2;/h5,13H,3-4H2,1-2H3,(H,9,10)(H,11,12);2*1,3-4H2,2H3;/q;;;+2/p-2. The minimum atomic E-state index is -2.33. The van der Waals surface area contributed by atoms with E-state index in [9.17, 15) is 24.9 Å². The van der Waals surface area contributed by atoms with E-state index < -0.39 is 23.5 Å². The molecule has 5 nitrogen and oxygen atoms in total. The van der Waals surface area contributed by atoms with Crippen molar-refractivity contribution in [1.82, 2.24) is 0 Å². The van der Waals surface area contributed by atoms with Gasteiger partial charge in [0.1, 0.15) is 5.60 Å². The maximum absolute atomic E-state index is 10.5. The van der Waals surface area contributed by atoms with Crippen LogP contribution in [0.3, 0.4) is 0 Å². The Kier molecular flexibility index (Phi) is 15.6. The van der Waals surface area contributed by atoms with Crippen LogP contribution in [-0.2, 0) is 9.59 Å². The van der Waals surface area contributed by atoms with Gasteiger partial charge in [-0.2, -0.15) is 0 Å². The molecule has 0 aliphatic carbocycles. The molecule has 0 rings (SSSR count). The van der Waals surface area contributed by atoms with E-state index in [1.165, 1.54) is 39.5 Å². The number of carboxylic acids is 2. The fourth-order valence-electron chi connectivity index (χ4n) is 1.96. The van der Waals surface area contributed by atoms with Crippen molar-refractivity contribution in [1.29, 1.82) is 0 Å². The van der Waals surface area contributed by atoms with E-state index in [2.05, 4.69) is 13.8 Å². The molecule has 0 radical (unpaired) electrons. The first-order valence-corrected chi connectivity index (χ1v) is 12.2. The van der Waals surface area contributed by atoms with E-state index in [0.717, 1.165) is 0 Å². The summed E-state index contributed by atoms with van der Waals surface area (Å²) in [5, 5.41) is 30.4. The third-order valence-electron chi connectivity index (χ3n) is 3.58. The van der Waals surface area contributed by atoms with Crippen LogP contribution in [0.1, 0.15) is 66.2 Å². The minimum absolute atomic E-state index is 0.0132. The Morgan fingerprint density at radius 1 is 1.05 bits per heavy atom. The summed E-state index contributed by atoms with van der Waals surface area (Å²) in [6.45, 7) is 7.42. The Bertz CT molecular complexity index is 303. The molecule has 6 heteroatoms. The molecule has 0 aromatic rings. The summed E-state index contributed by atoms with van der Waals surface area (Å²) in [4.78, 5) is 21.0. The van der Waals surface area contributed by atoms with Gasteiger partial charge in [-0.1, -0.05) is 13.8 Å². The van der Waals surface area contributed by atoms with Crippen LogP contribution in [-0.4, -0.2) is 43.8 Å². The van der Waals surface area contributed by atoms with Crippen molar-refractivity contribution in [2.75, 3.05) is 0 Å².